The first-order valence-corrected chi connectivity index (χ1v) is 6.79. The van der Waals surface area contributed by atoms with Gasteiger partial charge < -0.3 is 5.73 Å². The number of nitrogens with zero attached hydrogens (tertiary/aromatic N) is 3. The number of nitriles is 2. The first kappa shape index (κ1) is 13.3. The first-order valence-electron chi connectivity index (χ1n) is 5.18. The van der Waals surface area contributed by atoms with Crippen molar-refractivity contribution in [3.05, 3.63) is 39.2 Å². The van der Waals surface area contributed by atoms with Crippen LogP contribution in [0.1, 0.15) is 4.88 Å². The van der Waals surface area contributed by atoms with Gasteiger partial charge in [-0.05, 0) is 18.2 Å². The van der Waals surface area contributed by atoms with Gasteiger partial charge in [0, 0.05) is 10.0 Å². The molecule has 0 spiro atoms. The van der Waals surface area contributed by atoms with Crippen molar-refractivity contribution in [2.45, 2.75) is 0 Å². The lowest BCUT2D eigenvalue weighted by Gasteiger charge is -1.99. The van der Waals surface area contributed by atoms with Crippen molar-refractivity contribution in [3.63, 3.8) is 0 Å². The third-order valence-corrected chi connectivity index (χ3v) is 3.66. The van der Waals surface area contributed by atoms with E-state index in [4.69, 9.17) is 16.3 Å². The second-order valence-electron chi connectivity index (χ2n) is 3.55. The molecule has 2 rings (SSSR count). The monoisotopic (exact) mass is 330 g/mol. The Kier molecular flexibility index (Phi) is 3.96. The summed E-state index contributed by atoms with van der Waals surface area (Å²) in [6, 6.07) is 11.2. The Hall–Kier alpha value is -2.15. The fourth-order valence-electron chi connectivity index (χ4n) is 1.48. The number of rotatable bonds is 2. The zero-order chi connectivity index (χ0) is 13.8. The lowest BCUT2D eigenvalue weighted by molar-refractivity contribution is 1.40. The summed E-state index contributed by atoms with van der Waals surface area (Å²) in [5.74, 6) is 0. The van der Waals surface area contributed by atoms with Crippen LogP contribution < -0.4 is 5.73 Å². The van der Waals surface area contributed by atoms with E-state index in [2.05, 4.69) is 20.9 Å². The maximum Gasteiger partial charge on any atom is 0.181 e. The van der Waals surface area contributed by atoms with Gasteiger partial charge >= 0.3 is 0 Å². The van der Waals surface area contributed by atoms with Gasteiger partial charge in [0.15, 0.2) is 5.13 Å². The van der Waals surface area contributed by atoms with E-state index in [0.29, 0.717) is 15.7 Å². The van der Waals surface area contributed by atoms with Crippen LogP contribution >= 0.6 is 27.3 Å². The molecular formula is C13H7BrN4S. The number of anilines is 1. The minimum absolute atomic E-state index is 0.0296. The van der Waals surface area contributed by atoms with Crippen LogP contribution in [0.5, 0.6) is 0 Å². The number of aromatic nitrogens is 1. The molecule has 4 nitrogen and oxygen atoms in total. The Morgan fingerprint density at radius 2 is 1.89 bits per heavy atom. The van der Waals surface area contributed by atoms with E-state index in [0.717, 1.165) is 10.0 Å². The lowest BCUT2D eigenvalue weighted by Crippen LogP contribution is -1.84. The van der Waals surface area contributed by atoms with Crippen LogP contribution in [0.3, 0.4) is 0 Å². The molecule has 0 aliphatic heterocycles. The van der Waals surface area contributed by atoms with Crippen molar-refractivity contribution in [2.75, 3.05) is 5.73 Å². The molecule has 0 aliphatic rings. The average molecular weight is 331 g/mol. The predicted octanol–water partition coefficient (Wildman–Crippen LogP) is 3.59. The molecule has 1 aromatic heterocycles. The Labute approximate surface area is 122 Å². The summed E-state index contributed by atoms with van der Waals surface area (Å²) < 4.78 is 0.964. The number of halogens is 1. The zero-order valence-corrected chi connectivity index (χ0v) is 12.0. The highest BCUT2D eigenvalue weighted by Crippen LogP contribution is 2.32. The minimum Gasteiger partial charge on any atom is -0.375 e. The van der Waals surface area contributed by atoms with Gasteiger partial charge in [-0.1, -0.05) is 39.4 Å². The smallest absolute Gasteiger partial charge is 0.181 e. The molecule has 0 fully saturated rings. The fourth-order valence-corrected chi connectivity index (χ4v) is 2.55. The van der Waals surface area contributed by atoms with Crippen molar-refractivity contribution in [1.29, 1.82) is 10.5 Å². The van der Waals surface area contributed by atoms with Crippen LogP contribution in [-0.4, -0.2) is 4.98 Å². The molecule has 1 aromatic carbocycles. The van der Waals surface area contributed by atoms with E-state index >= 15 is 0 Å². The highest BCUT2D eigenvalue weighted by molar-refractivity contribution is 9.10. The van der Waals surface area contributed by atoms with E-state index in [1.165, 1.54) is 17.4 Å². The van der Waals surface area contributed by atoms with Gasteiger partial charge in [-0.3, -0.25) is 0 Å². The normalized spacial score (nSPS) is 9.42. The van der Waals surface area contributed by atoms with E-state index in [1.54, 1.807) is 0 Å². The number of benzene rings is 1. The van der Waals surface area contributed by atoms with Crippen LogP contribution in [0.4, 0.5) is 5.13 Å². The van der Waals surface area contributed by atoms with Gasteiger partial charge in [0.2, 0.25) is 0 Å². The second-order valence-corrected chi connectivity index (χ2v) is 5.53. The predicted molar refractivity (Wildman–Crippen MR) is 78.9 cm³/mol. The molecule has 0 saturated heterocycles. The van der Waals surface area contributed by atoms with Crippen LogP contribution in [0.25, 0.3) is 17.3 Å². The number of hydrogen-bond donors (Lipinski definition) is 1. The van der Waals surface area contributed by atoms with Crippen molar-refractivity contribution in [3.8, 4) is 23.4 Å². The Balaban J connectivity index is 2.54. The molecule has 0 saturated carbocycles. The van der Waals surface area contributed by atoms with E-state index in [-0.39, 0.29) is 5.57 Å². The third kappa shape index (κ3) is 3.00. The SMILES string of the molecule is N#CC(C#N)=Cc1sc(N)nc1-c1ccc(Br)cc1. The molecule has 2 aromatic rings. The molecule has 0 amide bonds. The number of nitrogens with two attached hydrogens (primary N) is 1. The number of thiazole rings is 1. The quantitative estimate of drug-likeness (QED) is 0.852. The highest BCUT2D eigenvalue weighted by Gasteiger charge is 2.11. The standard InChI is InChI=1S/C13H7BrN4S/c14-10-3-1-9(2-4-10)12-11(19-13(17)18-12)5-8(6-15)7-16/h1-5H,(H2,17,18). The molecule has 92 valence electrons. The maximum atomic E-state index is 8.80. The van der Waals surface area contributed by atoms with E-state index < -0.39 is 0 Å². The Morgan fingerprint density at radius 3 is 2.47 bits per heavy atom. The largest absolute Gasteiger partial charge is 0.375 e. The maximum absolute atomic E-state index is 8.80. The van der Waals surface area contributed by atoms with Crippen molar-refractivity contribution >= 4 is 38.5 Å². The topological polar surface area (TPSA) is 86.5 Å². The van der Waals surface area contributed by atoms with Gasteiger partial charge in [0.25, 0.3) is 0 Å². The zero-order valence-electron chi connectivity index (χ0n) is 9.59. The third-order valence-electron chi connectivity index (χ3n) is 2.30. The van der Waals surface area contributed by atoms with Crippen molar-refractivity contribution < 1.29 is 0 Å². The summed E-state index contributed by atoms with van der Waals surface area (Å²) in [6.45, 7) is 0. The minimum atomic E-state index is 0.0296. The first-order chi connectivity index (χ1) is 9.13. The fraction of sp³-hybridized carbons (Fsp3) is 0. The summed E-state index contributed by atoms with van der Waals surface area (Å²) in [5.41, 5.74) is 7.30. The molecule has 0 atom stereocenters. The molecular weight excluding hydrogens is 324 g/mol. The van der Waals surface area contributed by atoms with Crippen LogP contribution in [0, 0.1) is 22.7 Å². The van der Waals surface area contributed by atoms with Crippen LogP contribution in [0.2, 0.25) is 0 Å². The van der Waals surface area contributed by atoms with Crippen LogP contribution in [-0.2, 0) is 0 Å². The van der Waals surface area contributed by atoms with Gasteiger partial charge in [-0.2, -0.15) is 10.5 Å². The Morgan fingerprint density at radius 1 is 1.26 bits per heavy atom. The van der Waals surface area contributed by atoms with Gasteiger partial charge in [0.05, 0.1) is 10.6 Å². The Bertz CT molecular complexity index is 701. The van der Waals surface area contributed by atoms with Gasteiger partial charge in [0.1, 0.15) is 17.7 Å². The van der Waals surface area contributed by atoms with Gasteiger partial charge in [-0.25, -0.2) is 4.98 Å². The number of hydrogen-bond acceptors (Lipinski definition) is 5. The molecule has 0 unspecified atom stereocenters. The molecule has 19 heavy (non-hydrogen) atoms. The summed E-state index contributed by atoms with van der Waals surface area (Å²) >= 11 is 4.61. The molecule has 6 heteroatoms. The summed E-state index contributed by atoms with van der Waals surface area (Å²) in [7, 11) is 0. The summed E-state index contributed by atoms with van der Waals surface area (Å²) in [6.07, 6.45) is 1.51. The molecule has 2 N–H and O–H groups in total. The van der Waals surface area contributed by atoms with E-state index in [9.17, 15) is 0 Å². The molecule has 1 heterocycles. The highest BCUT2D eigenvalue weighted by atomic mass is 79.9. The van der Waals surface area contributed by atoms with Crippen molar-refractivity contribution in [2.24, 2.45) is 0 Å². The molecule has 0 bridgehead atoms. The average Bonchev–Trinajstić information content (AvgIpc) is 2.77. The van der Waals surface area contributed by atoms with Crippen molar-refractivity contribution in [1.82, 2.24) is 4.98 Å². The summed E-state index contributed by atoms with van der Waals surface area (Å²) in [4.78, 5) is 4.96. The van der Waals surface area contributed by atoms with Crippen LogP contribution in [0.15, 0.2) is 34.3 Å². The number of allylic oxidation sites excluding steroid dienone is 1. The van der Waals surface area contributed by atoms with Gasteiger partial charge in [-0.15, -0.1) is 0 Å². The lowest BCUT2D eigenvalue weighted by atomic mass is 10.1. The second kappa shape index (κ2) is 5.66. The summed E-state index contributed by atoms with van der Waals surface area (Å²) in [5, 5.41) is 18.0. The number of nitrogen functional groups attached to an aromatic ring is 1. The van der Waals surface area contributed by atoms with E-state index in [1.807, 2.05) is 36.4 Å². The molecule has 0 radical (unpaired) electrons. The molecule has 0 aliphatic carbocycles.